The van der Waals surface area contributed by atoms with Crippen molar-refractivity contribution in [1.82, 2.24) is 9.80 Å². The molecule has 0 bridgehead atoms. The Morgan fingerprint density at radius 3 is 2.29 bits per heavy atom. The van der Waals surface area contributed by atoms with E-state index in [1.165, 1.54) is 0 Å². The minimum atomic E-state index is -0.506. The molecule has 2 atom stereocenters. The molecule has 1 aliphatic carbocycles. The molecule has 1 heterocycles. The average Bonchev–Trinajstić information content (AvgIpc) is 3.29. The van der Waals surface area contributed by atoms with E-state index in [0.29, 0.717) is 6.54 Å². The number of hydrogen-bond acceptors (Lipinski definition) is 4. The summed E-state index contributed by atoms with van der Waals surface area (Å²) in [6.45, 7) is 10.9. The first-order valence-corrected chi connectivity index (χ1v) is 9.16. The SMILES string of the molecule is CC(C)[C@H](N)C(=O)N1CCC[C@H](N(C(=O)OC(C)(C)C)C2CC2)C1. The van der Waals surface area contributed by atoms with Crippen molar-refractivity contribution in [3.63, 3.8) is 0 Å². The zero-order valence-electron chi connectivity index (χ0n) is 15.7. The molecule has 1 saturated carbocycles. The zero-order valence-corrected chi connectivity index (χ0v) is 15.7. The van der Waals surface area contributed by atoms with Gasteiger partial charge in [0.1, 0.15) is 5.60 Å². The zero-order chi connectivity index (χ0) is 18.1. The van der Waals surface area contributed by atoms with E-state index in [1.54, 1.807) is 0 Å². The first kappa shape index (κ1) is 19.0. The van der Waals surface area contributed by atoms with Crippen molar-refractivity contribution >= 4 is 12.0 Å². The molecule has 0 unspecified atom stereocenters. The van der Waals surface area contributed by atoms with Crippen molar-refractivity contribution in [2.75, 3.05) is 13.1 Å². The highest BCUT2D eigenvalue weighted by Crippen LogP contribution is 2.33. The summed E-state index contributed by atoms with van der Waals surface area (Å²) < 4.78 is 5.59. The number of rotatable bonds is 4. The number of amides is 2. The second-order valence-electron chi connectivity index (χ2n) is 8.47. The highest BCUT2D eigenvalue weighted by atomic mass is 16.6. The van der Waals surface area contributed by atoms with E-state index in [2.05, 4.69) is 0 Å². The van der Waals surface area contributed by atoms with Gasteiger partial charge < -0.3 is 20.3 Å². The molecule has 0 aromatic heterocycles. The molecule has 2 rings (SSSR count). The van der Waals surface area contributed by atoms with Crippen LogP contribution in [0.1, 0.15) is 60.3 Å². The number of hydrogen-bond donors (Lipinski definition) is 1. The lowest BCUT2D eigenvalue weighted by atomic mass is 9.99. The Labute approximate surface area is 145 Å². The van der Waals surface area contributed by atoms with Gasteiger partial charge in [-0.1, -0.05) is 13.8 Å². The molecule has 6 heteroatoms. The molecule has 0 radical (unpaired) electrons. The van der Waals surface area contributed by atoms with Crippen molar-refractivity contribution < 1.29 is 14.3 Å². The Hall–Kier alpha value is -1.30. The number of nitrogens with zero attached hydrogens (tertiary/aromatic N) is 2. The van der Waals surface area contributed by atoms with E-state index in [4.69, 9.17) is 10.5 Å². The maximum Gasteiger partial charge on any atom is 0.410 e. The lowest BCUT2D eigenvalue weighted by Crippen LogP contribution is -2.56. The highest BCUT2D eigenvalue weighted by molar-refractivity contribution is 5.82. The predicted molar refractivity (Wildman–Crippen MR) is 93.5 cm³/mol. The van der Waals surface area contributed by atoms with Gasteiger partial charge >= 0.3 is 6.09 Å². The van der Waals surface area contributed by atoms with Crippen LogP contribution in [0.25, 0.3) is 0 Å². The summed E-state index contributed by atoms with van der Waals surface area (Å²) in [4.78, 5) is 28.9. The Morgan fingerprint density at radius 1 is 1.17 bits per heavy atom. The van der Waals surface area contributed by atoms with Gasteiger partial charge in [0, 0.05) is 19.1 Å². The standard InChI is InChI=1S/C18H33N3O3/c1-12(2)15(19)16(22)20-10-6-7-14(11-20)21(13-8-9-13)17(23)24-18(3,4)5/h12-15H,6-11,19H2,1-5H3/t14-,15-/m0/s1. The van der Waals surface area contributed by atoms with Crippen LogP contribution in [0.15, 0.2) is 0 Å². The summed E-state index contributed by atoms with van der Waals surface area (Å²) in [5, 5.41) is 0. The minimum absolute atomic E-state index is 0.00497. The Balaban J connectivity index is 2.05. The predicted octanol–water partition coefficient (Wildman–Crippen LogP) is 2.36. The lowest BCUT2D eigenvalue weighted by Gasteiger charge is -2.41. The topological polar surface area (TPSA) is 75.9 Å². The van der Waals surface area contributed by atoms with Crippen LogP contribution in [-0.2, 0) is 9.53 Å². The van der Waals surface area contributed by atoms with E-state index in [1.807, 2.05) is 44.4 Å². The second-order valence-corrected chi connectivity index (χ2v) is 8.47. The molecule has 0 aromatic rings. The third-order valence-electron chi connectivity index (χ3n) is 4.65. The van der Waals surface area contributed by atoms with Crippen molar-refractivity contribution in [1.29, 1.82) is 0 Å². The van der Waals surface area contributed by atoms with Crippen molar-refractivity contribution in [3.05, 3.63) is 0 Å². The summed E-state index contributed by atoms with van der Waals surface area (Å²) in [7, 11) is 0. The van der Waals surface area contributed by atoms with Crippen LogP contribution in [0, 0.1) is 5.92 Å². The molecule has 2 fully saturated rings. The van der Waals surface area contributed by atoms with Gasteiger partial charge in [0.2, 0.25) is 5.91 Å². The first-order chi connectivity index (χ1) is 11.1. The van der Waals surface area contributed by atoms with Crippen molar-refractivity contribution in [3.8, 4) is 0 Å². The molecule has 6 nitrogen and oxygen atoms in total. The molecule has 1 aliphatic heterocycles. The van der Waals surface area contributed by atoms with E-state index in [0.717, 1.165) is 32.2 Å². The number of carbonyl (C=O) groups excluding carboxylic acids is 2. The number of likely N-dealkylation sites (tertiary alicyclic amines) is 1. The van der Waals surface area contributed by atoms with E-state index < -0.39 is 11.6 Å². The lowest BCUT2D eigenvalue weighted by molar-refractivity contribution is -0.135. The fourth-order valence-corrected chi connectivity index (χ4v) is 3.14. The van der Waals surface area contributed by atoms with Crippen molar-refractivity contribution in [2.45, 2.75) is 84.0 Å². The van der Waals surface area contributed by atoms with Gasteiger partial charge in [-0.25, -0.2) is 4.79 Å². The minimum Gasteiger partial charge on any atom is -0.444 e. The number of piperidine rings is 1. The molecule has 2 aliphatic rings. The second kappa shape index (κ2) is 7.30. The van der Waals surface area contributed by atoms with Gasteiger partial charge in [0.05, 0.1) is 12.1 Å². The molecule has 24 heavy (non-hydrogen) atoms. The molecular weight excluding hydrogens is 306 g/mol. The van der Waals surface area contributed by atoms with Crippen LogP contribution in [-0.4, -0.2) is 58.6 Å². The van der Waals surface area contributed by atoms with Crippen LogP contribution in [0.3, 0.4) is 0 Å². The van der Waals surface area contributed by atoms with E-state index >= 15 is 0 Å². The van der Waals surface area contributed by atoms with E-state index in [-0.39, 0.29) is 30.0 Å². The Morgan fingerprint density at radius 2 is 1.79 bits per heavy atom. The van der Waals surface area contributed by atoms with E-state index in [9.17, 15) is 9.59 Å². The maximum atomic E-state index is 12.6. The quantitative estimate of drug-likeness (QED) is 0.853. The van der Waals surface area contributed by atoms with Crippen LogP contribution in [0.4, 0.5) is 4.79 Å². The summed E-state index contributed by atoms with van der Waals surface area (Å²) in [6.07, 6.45) is 3.60. The molecule has 2 N–H and O–H groups in total. The molecule has 0 aromatic carbocycles. The molecule has 138 valence electrons. The third-order valence-corrected chi connectivity index (χ3v) is 4.65. The fraction of sp³-hybridized carbons (Fsp3) is 0.889. The summed E-state index contributed by atoms with van der Waals surface area (Å²) in [5.74, 6) is 0.109. The number of carbonyl (C=O) groups is 2. The fourth-order valence-electron chi connectivity index (χ4n) is 3.14. The third kappa shape index (κ3) is 4.85. The summed E-state index contributed by atoms with van der Waals surface area (Å²) in [6, 6.07) is -0.178. The summed E-state index contributed by atoms with van der Waals surface area (Å²) >= 11 is 0. The van der Waals surface area contributed by atoms with Crippen LogP contribution < -0.4 is 5.73 Å². The molecular formula is C18H33N3O3. The smallest absolute Gasteiger partial charge is 0.410 e. The normalized spacial score (nSPS) is 23.1. The van der Waals surface area contributed by atoms with Crippen molar-refractivity contribution in [2.24, 2.45) is 11.7 Å². The monoisotopic (exact) mass is 339 g/mol. The molecule has 1 saturated heterocycles. The van der Waals surface area contributed by atoms with Crippen LogP contribution in [0.2, 0.25) is 0 Å². The van der Waals surface area contributed by atoms with Gasteiger partial charge in [-0.15, -0.1) is 0 Å². The molecule has 0 spiro atoms. The Bertz CT molecular complexity index is 469. The van der Waals surface area contributed by atoms with Gasteiger partial charge in [-0.2, -0.15) is 0 Å². The molecule has 2 amide bonds. The number of nitrogens with two attached hydrogens (primary N) is 1. The highest BCUT2D eigenvalue weighted by Gasteiger charge is 2.42. The Kier molecular flexibility index (Phi) is 5.78. The van der Waals surface area contributed by atoms with Gasteiger partial charge in [-0.3, -0.25) is 4.79 Å². The maximum absolute atomic E-state index is 12.6. The summed E-state index contributed by atoms with van der Waals surface area (Å²) in [5.41, 5.74) is 5.53. The first-order valence-electron chi connectivity index (χ1n) is 9.16. The van der Waals surface area contributed by atoms with Crippen LogP contribution in [0.5, 0.6) is 0 Å². The number of ether oxygens (including phenoxy) is 1. The van der Waals surface area contributed by atoms with Gasteiger partial charge in [0.25, 0.3) is 0 Å². The van der Waals surface area contributed by atoms with Gasteiger partial charge in [-0.05, 0) is 52.4 Å². The van der Waals surface area contributed by atoms with Crippen LogP contribution >= 0.6 is 0 Å². The van der Waals surface area contributed by atoms with Gasteiger partial charge in [0.15, 0.2) is 0 Å². The average molecular weight is 339 g/mol. The largest absolute Gasteiger partial charge is 0.444 e.